The fraction of sp³-hybridized carbons (Fsp3) is 0.750. The number of aliphatic hydroxyl groups is 1. The van der Waals surface area contributed by atoms with Gasteiger partial charge in [0, 0.05) is 12.8 Å². The highest BCUT2D eigenvalue weighted by atomic mass is 16.5. The van der Waals surface area contributed by atoms with Crippen molar-refractivity contribution in [3.8, 4) is 0 Å². The summed E-state index contributed by atoms with van der Waals surface area (Å²) >= 11 is 0. The molecule has 0 saturated heterocycles. The molecule has 1 saturated carbocycles. The van der Waals surface area contributed by atoms with Crippen LogP contribution in [0.5, 0.6) is 0 Å². The monoisotopic (exact) mass is 253 g/mol. The quantitative estimate of drug-likeness (QED) is 0.493. The number of aromatic nitrogens is 2. The van der Waals surface area contributed by atoms with Crippen LogP contribution in [0.2, 0.25) is 0 Å². The van der Waals surface area contributed by atoms with E-state index in [0.29, 0.717) is 5.69 Å². The van der Waals surface area contributed by atoms with Gasteiger partial charge in [-0.05, 0) is 37.3 Å². The second-order valence-corrected chi connectivity index (χ2v) is 4.81. The zero-order valence-electron chi connectivity index (χ0n) is 10.8. The Morgan fingerprint density at radius 3 is 2.72 bits per heavy atom. The van der Waals surface area contributed by atoms with E-state index < -0.39 is 6.10 Å². The molecule has 100 valence electrons. The Kier molecular flexibility index (Phi) is 3.96. The van der Waals surface area contributed by atoms with E-state index in [-0.39, 0.29) is 17.8 Å². The van der Waals surface area contributed by atoms with Gasteiger partial charge in [0.05, 0.1) is 0 Å². The Balaban J connectivity index is 2.35. The molecule has 0 amide bonds. The van der Waals surface area contributed by atoms with Crippen molar-refractivity contribution in [3.05, 3.63) is 5.69 Å². The number of hydrogen-bond donors (Lipinski definition) is 1. The molecule has 1 aromatic rings. The maximum Gasteiger partial charge on any atom is 0.326 e. The lowest BCUT2D eigenvalue weighted by molar-refractivity contribution is -0.795. The lowest BCUT2D eigenvalue weighted by Gasteiger charge is -2.14. The van der Waals surface area contributed by atoms with Crippen molar-refractivity contribution in [1.29, 1.82) is 0 Å². The Labute approximate surface area is 106 Å². The maximum atomic E-state index is 11.0. The van der Waals surface area contributed by atoms with Gasteiger partial charge in [0.15, 0.2) is 6.04 Å². The number of nitrogens with zero attached hydrogens (tertiary/aromatic N) is 3. The molecule has 1 fully saturated rings. The van der Waals surface area contributed by atoms with Gasteiger partial charge in [-0.3, -0.25) is 4.52 Å². The Bertz CT molecular complexity index is 430. The van der Waals surface area contributed by atoms with E-state index in [1.54, 1.807) is 11.6 Å². The van der Waals surface area contributed by atoms with Gasteiger partial charge >= 0.3 is 11.6 Å². The van der Waals surface area contributed by atoms with E-state index in [1.165, 1.54) is 13.3 Å². The average molecular weight is 253 g/mol. The molecule has 6 heteroatoms. The van der Waals surface area contributed by atoms with Crippen molar-refractivity contribution in [2.24, 2.45) is 4.99 Å². The molecule has 1 unspecified atom stereocenters. The molecule has 1 aromatic heterocycles. The lowest BCUT2D eigenvalue weighted by Crippen LogP contribution is -2.45. The van der Waals surface area contributed by atoms with Crippen LogP contribution >= 0.6 is 0 Å². The summed E-state index contributed by atoms with van der Waals surface area (Å²) < 4.78 is 6.79. The molecule has 2 rings (SSSR count). The van der Waals surface area contributed by atoms with Gasteiger partial charge in [0.2, 0.25) is 5.27 Å². The summed E-state index contributed by atoms with van der Waals surface area (Å²) in [4.78, 5) is 3.75. The lowest BCUT2D eigenvalue weighted by atomic mass is 9.95. The molecule has 1 aliphatic carbocycles. The van der Waals surface area contributed by atoms with Crippen LogP contribution in [0.3, 0.4) is 0 Å². The summed E-state index contributed by atoms with van der Waals surface area (Å²) in [7, 11) is 0. The molecule has 0 spiro atoms. The van der Waals surface area contributed by atoms with E-state index in [2.05, 4.69) is 10.3 Å². The maximum absolute atomic E-state index is 11.0. The first-order valence-corrected chi connectivity index (χ1v) is 6.41. The van der Waals surface area contributed by atoms with E-state index >= 15 is 0 Å². The number of aliphatic imine (C=N–C) groups is 1. The summed E-state index contributed by atoms with van der Waals surface area (Å²) in [5.74, 6) is -0.230. The normalized spacial score (nSPS) is 20.1. The molecule has 6 nitrogen and oxygen atoms in total. The second kappa shape index (κ2) is 5.48. The molecule has 0 radical (unpaired) electrons. The SMILES string of the molecule is C/C([O-])=N/c1on[n+](C2CCCCC2)c1C(C)O. The van der Waals surface area contributed by atoms with Crippen molar-refractivity contribution in [1.82, 2.24) is 5.27 Å². The number of rotatable bonds is 3. The number of aliphatic hydroxyl groups excluding tert-OH is 1. The standard InChI is InChI=1S/C12H19N3O3/c1-8(16)11-12(13-9(2)17)18-14-15(11)10-6-4-3-5-7-10/h8,10,16H,3-7H2,1-2H3. The zero-order valence-corrected chi connectivity index (χ0v) is 10.8. The van der Waals surface area contributed by atoms with Crippen LogP contribution in [-0.4, -0.2) is 16.3 Å². The molecular weight excluding hydrogens is 234 g/mol. The fourth-order valence-corrected chi connectivity index (χ4v) is 2.45. The minimum Gasteiger partial charge on any atom is -0.862 e. The Morgan fingerprint density at radius 1 is 1.50 bits per heavy atom. The second-order valence-electron chi connectivity index (χ2n) is 4.81. The zero-order chi connectivity index (χ0) is 13.1. The molecule has 1 N–H and O–H groups in total. The van der Waals surface area contributed by atoms with Gasteiger partial charge in [-0.2, -0.15) is 0 Å². The average Bonchev–Trinajstić information content (AvgIpc) is 2.73. The van der Waals surface area contributed by atoms with E-state index in [4.69, 9.17) is 4.52 Å². The first kappa shape index (κ1) is 13.0. The van der Waals surface area contributed by atoms with Gasteiger partial charge in [-0.25, -0.2) is 4.99 Å². The molecule has 1 heterocycles. The summed E-state index contributed by atoms with van der Waals surface area (Å²) in [6.45, 7) is 2.98. The van der Waals surface area contributed by atoms with Gasteiger partial charge in [0.25, 0.3) is 0 Å². The van der Waals surface area contributed by atoms with Crippen LogP contribution in [0.15, 0.2) is 9.52 Å². The van der Waals surface area contributed by atoms with E-state index in [1.807, 2.05) is 0 Å². The van der Waals surface area contributed by atoms with Gasteiger partial charge in [-0.1, -0.05) is 6.42 Å². The van der Waals surface area contributed by atoms with Crippen LogP contribution in [0, 0.1) is 0 Å². The van der Waals surface area contributed by atoms with Crippen LogP contribution in [0.4, 0.5) is 5.88 Å². The van der Waals surface area contributed by atoms with E-state index in [0.717, 1.165) is 25.7 Å². The van der Waals surface area contributed by atoms with Crippen LogP contribution in [0.1, 0.15) is 63.8 Å². The fourth-order valence-electron chi connectivity index (χ4n) is 2.45. The van der Waals surface area contributed by atoms with Crippen LogP contribution in [0.25, 0.3) is 0 Å². The highest BCUT2D eigenvalue weighted by Gasteiger charge is 2.35. The third-order valence-corrected chi connectivity index (χ3v) is 3.26. The first-order valence-electron chi connectivity index (χ1n) is 6.41. The predicted octanol–water partition coefficient (Wildman–Crippen LogP) is 0.931. The predicted molar refractivity (Wildman–Crippen MR) is 62.2 cm³/mol. The first-order chi connectivity index (χ1) is 8.59. The molecular formula is C12H19N3O3. The van der Waals surface area contributed by atoms with Gasteiger partial charge in [-0.15, -0.1) is 0 Å². The minimum atomic E-state index is -0.753. The molecule has 1 atom stereocenters. The third kappa shape index (κ3) is 2.69. The van der Waals surface area contributed by atoms with Crippen molar-refractivity contribution in [2.45, 2.75) is 58.1 Å². The molecule has 1 aliphatic rings. The van der Waals surface area contributed by atoms with Crippen LogP contribution in [-0.2, 0) is 0 Å². The Hall–Kier alpha value is -1.43. The highest BCUT2D eigenvalue weighted by molar-refractivity contribution is 5.71. The van der Waals surface area contributed by atoms with E-state index in [9.17, 15) is 10.2 Å². The summed E-state index contributed by atoms with van der Waals surface area (Å²) in [5.41, 5.74) is 0.497. The van der Waals surface area contributed by atoms with Crippen molar-refractivity contribution in [2.75, 3.05) is 0 Å². The van der Waals surface area contributed by atoms with Crippen molar-refractivity contribution < 1.29 is 19.4 Å². The topological polar surface area (TPSA) is 85.6 Å². The minimum absolute atomic E-state index is 0.128. The van der Waals surface area contributed by atoms with Crippen molar-refractivity contribution >= 4 is 11.8 Å². The summed E-state index contributed by atoms with van der Waals surface area (Å²) in [6.07, 6.45) is 4.85. The largest absolute Gasteiger partial charge is 0.862 e. The molecule has 18 heavy (non-hydrogen) atoms. The Morgan fingerprint density at radius 2 is 2.17 bits per heavy atom. The molecule has 0 bridgehead atoms. The number of hydrogen-bond acceptors (Lipinski definition) is 5. The smallest absolute Gasteiger partial charge is 0.326 e. The van der Waals surface area contributed by atoms with Gasteiger partial charge in [0.1, 0.15) is 6.10 Å². The van der Waals surface area contributed by atoms with Crippen LogP contribution < -0.4 is 9.79 Å². The molecule has 0 aromatic carbocycles. The highest BCUT2D eigenvalue weighted by Crippen LogP contribution is 2.28. The summed E-state index contributed by atoms with van der Waals surface area (Å²) in [5, 5.41) is 24.8. The molecule has 0 aliphatic heterocycles. The van der Waals surface area contributed by atoms with Gasteiger partial charge < -0.3 is 10.2 Å². The van der Waals surface area contributed by atoms with Crippen molar-refractivity contribution in [3.63, 3.8) is 0 Å². The summed E-state index contributed by atoms with van der Waals surface area (Å²) in [6, 6.07) is 0.239. The third-order valence-electron chi connectivity index (χ3n) is 3.26.